The Labute approximate surface area is 70.1 Å². The van der Waals surface area contributed by atoms with E-state index in [1.54, 1.807) is 0 Å². The Morgan fingerprint density at radius 3 is 2.91 bits per heavy atom. The van der Waals surface area contributed by atoms with Gasteiger partial charge in [-0.25, -0.2) is 0 Å². The predicted octanol–water partition coefficient (Wildman–Crippen LogP) is 2.64. The van der Waals surface area contributed by atoms with Gasteiger partial charge in [0.25, 0.3) is 0 Å². The first-order chi connectivity index (χ1) is 5.24. The van der Waals surface area contributed by atoms with Gasteiger partial charge < -0.3 is 4.90 Å². The normalized spacial score (nSPS) is 26.9. The summed E-state index contributed by atoms with van der Waals surface area (Å²) in [4.78, 5) is 2.41. The van der Waals surface area contributed by atoms with E-state index in [9.17, 15) is 0 Å². The van der Waals surface area contributed by atoms with Gasteiger partial charge in [-0.2, -0.15) is 0 Å². The molecule has 1 aliphatic heterocycles. The van der Waals surface area contributed by atoms with Crippen LogP contribution in [0.1, 0.15) is 33.1 Å². The minimum Gasteiger partial charge on any atom is -0.376 e. The molecular formula is C10H19N. The molecule has 0 saturated carbocycles. The van der Waals surface area contributed by atoms with Gasteiger partial charge in [-0.05, 0) is 32.1 Å². The number of hydrogen-bond acceptors (Lipinski definition) is 1. The van der Waals surface area contributed by atoms with Crippen molar-refractivity contribution in [3.8, 4) is 0 Å². The Bertz CT molecular complexity index is 140. The average molecular weight is 153 g/mol. The molecule has 1 heterocycles. The number of hydrogen-bond donors (Lipinski definition) is 0. The van der Waals surface area contributed by atoms with Crippen molar-refractivity contribution >= 4 is 0 Å². The SMILES string of the molecule is C=C1CCC(C)CCN1CC. The maximum absolute atomic E-state index is 4.09. The summed E-state index contributed by atoms with van der Waals surface area (Å²) in [5.74, 6) is 0.892. The number of nitrogens with zero attached hydrogens (tertiary/aromatic N) is 1. The largest absolute Gasteiger partial charge is 0.376 e. The summed E-state index contributed by atoms with van der Waals surface area (Å²) < 4.78 is 0. The minimum absolute atomic E-state index is 0.892. The highest BCUT2D eigenvalue weighted by Gasteiger charge is 2.13. The monoisotopic (exact) mass is 153 g/mol. The molecule has 1 aliphatic rings. The molecule has 1 rings (SSSR count). The molecule has 0 amide bonds. The lowest BCUT2D eigenvalue weighted by Crippen LogP contribution is -2.21. The van der Waals surface area contributed by atoms with Crippen LogP contribution in [0.4, 0.5) is 0 Å². The molecule has 1 unspecified atom stereocenters. The third kappa shape index (κ3) is 2.25. The Hall–Kier alpha value is -0.460. The van der Waals surface area contributed by atoms with E-state index in [-0.39, 0.29) is 0 Å². The molecule has 1 atom stereocenters. The number of likely N-dealkylation sites (tertiary alicyclic amines) is 1. The molecule has 11 heavy (non-hydrogen) atoms. The zero-order valence-electron chi connectivity index (χ0n) is 7.77. The maximum atomic E-state index is 4.09. The van der Waals surface area contributed by atoms with Crippen LogP contribution in [-0.2, 0) is 0 Å². The van der Waals surface area contributed by atoms with Gasteiger partial charge in [-0.1, -0.05) is 13.5 Å². The summed E-state index contributed by atoms with van der Waals surface area (Å²) in [5.41, 5.74) is 1.34. The Morgan fingerprint density at radius 2 is 2.27 bits per heavy atom. The average Bonchev–Trinajstić information content (AvgIpc) is 2.15. The van der Waals surface area contributed by atoms with Crippen molar-refractivity contribution in [3.05, 3.63) is 12.3 Å². The van der Waals surface area contributed by atoms with E-state index in [0.717, 1.165) is 12.5 Å². The second-order valence-electron chi connectivity index (χ2n) is 3.58. The molecule has 0 spiro atoms. The molecule has 0 aromatic carbocycles. The summed E-state index contributed by atoms with van der Waals surface area (Å²) in [6.07, 6.45) is 3.87. The summed E-state index contributed by atoms with van der Waals surface area (Å²) in [6, 6.07) is 0. The fourth-order valence-corrected chi connectivity index (χ4v) is 1.63. The van der Waals surface area contributed by atoms with Crippen LogP contribution in [0, 0.1) is 5.92 Å². The number of rotatable bonds is 1. The first kappa shape index (κ1) is 8.63. The lowest BCUT2D eigenvalue weighted by molar-refractivity contribution is 0.353. The van der Waals surface area contributed by atoms with E-state index in [1.165, 1.54) is 31.5 Å². The zero-order valence-corrected chi connectivity index (χ0v) is 7.77. The topological polar surface area (TPSA) is 3.24 Å². The van der Waals surface area contributed by atoms with Crippen LogP contribution in [0.15, 0.2) is 12.3 Å². The van der Waals surface area contributed by atoms with Crippen molar-refractivity contribution < 1.29 is 0 Å². The van der Waals surface area contributed by atoms with Gasteiger partial charge in [-0.3, -0.25) is 0 Å². The molecule has 1 nitrogen and oxygen atoms in total. The highest BCUT2D eigenvalue weighted by Crippen LogP contribution is 2.22. The van der Waals surface area contributed by atoms with Crippen molar-refractivity contribution in [3.63, 3.8) is 0 Å². The molecule has 1 fully saturated rings. The quantitative estimate of drug-likeness (QED) is 0.560. The van der Waals surface area contributed by atoms with Crippen molar-refractivity contribution in [2.75, 3.05) is 13.1 Å². The van der Waals surface area contributed by atoms with Crippen LogP contribution in [0.2, 0.25) is 0 Å². The van der Waals surface area contributed by atoms with Crippen LogP contribution in [-0.4, -0.2) is 18.0 Å². The van der Waals surface area contributed by atoms with E-state index in [0.29, 0.717) is 0 Å². The van der Waals surface area contributed by atoms with Gasteiger partial charge in [0.2, 0.25) is 0 Å². The molecule has 1 heteroatoms. The van der Waals surface area contributed by atoms with Crippen molar-refractivity contribution in [2.24, 2.45) is 5.92 Å². The second kappa shape index (κ2) is 3.80. The van der Waals surface area contributed by atoms with Crippen molar-refractivity contribution in [1.29, 1.82) is 0 Å². The predicted molar refractivity (Wildman–Crippen MR) is 49.4 cm³/mol. The van der Waals surface area contributed by atoms with E-state index < -0.39 is 0 Å². The molecule has 0 aromatic rings. The smallest absolute Gasteiger partial charge is 0.0177 e. The minimum atomic E-state index is 0.892. The van der Waals surface area contributed by atoms with Crippen LogP contribution < -0.4 is 0 Å². The van der Waals surface area contributed by atoms with E-state index in [1.807, 2.05) is 0 Å². The zero-order chi connectivity index (χ0) is 8.27. The Balaban J connectivity index is 2.48. The number of allylic oxidation sites excluding steroid dienone is 1. The first-order valence-electron chi connectivity index (χ1n) is 4.66. The van der Waals surface area contributed by atoms with Crippen LogP contribution in [0.3, 0.4) is 0 Å². The summed E-state index contributed by atoms with van der Waals surface area (Å²) in [5, 5.41) is 0. The standard InChI is InChI=1S/C10H19N/c1-4-11-8-7-9(2)5-6-10(11)3/h9H,3-8H2,1-2H3. The van der Waals surface area contributed by atoms with Crippen molar-refractivity contribution in [1.82, 2.24) is 4.90 Å². The molecular weight excluding hydrogens is 134 g/mol. The molecule has 0 N–H and O–H groups in total. The van der Waals surface area contributed by atoms with Crippen LogP contribution >= 0.6 is 0 Å². The Kier molecular flexibility index (Phi) is 2.98. The van der Waals surface area contributed by atoms with Gasteiger partial charge in [0.15, 0.2) is 0 Å². The fraction of sp³-hybridized carbons (Fsp3) is 0.800. The lowest BCUT2D eigenvalue weighted by atomic mass is 10.0. The molecule has 0 aromatic heterocycles. The molecule has 64 valence electrons. The van der Waals surface area contributed by atoms with Gasteiger partial charge in [-0.15, -0.1) is 0 Å². The van der Waals surface area contributed by atoms with E-state index in [4.69, 9.17) is 0 Å². The third-order valence-electron chi connectivity index (χ3n) is 2.65. The summed E-state index contributed by atoms with van der Waals surface area (Å²) >= 11 is 0. The Morgan fingerprint density at radius 1 is 1.55 bits per heavy atom. The lowest BCUT2D eigenvalue weighted by Gasteiger charge is -2.22. The van der Waals surface area contributed by atoms with Crippen LogP contribution in [0.25, 0.3) is 0 Å². The first-order valence-corrected chi connectivity index (χ1v) is 4.66. The van der Waals surface area contributed by atoms with E-state index >= 15 is 0 Å². The van der Waals surface area contributed by atoms with Gasteiger partial charge in [0, 0.05) is 18.8 Å². The van der Waals surface area contributed by atoms with Gasteiger partial charge in [0.05, 0.1) is 0 Å². The van der Waals surface area contributed by atoms with E-state index in [2.05, 4.69) is 25.3 Å². The third-order valence-corrected chi connectivity index (χ3v) is 2.65. The van der Waals surface area contributed by atoms with Crippen molar-refractivity contribution in [2.45, 2.75) is 33.1 Å². The fourth-order valence-electron chi connectivity index (χ4n) is 1.63. The molecule has 0 aliphatic carbocycles. The molecule has 0 bridgehead atoms. The van der Waals surface area contributed by atoms with Gasteiger partial charge in [0.1, 0.15) is 0 Å². The summed E-state index contributed by atoms with van der Waals surface area (Å²) in [6.45, 7) is 11.0. The highest BCUT2D eigenvalue weighted by molar-refractivity contribution is 4.95. The second-order valence-corrected chi connectivity index (χ2v) is 3.58. The maximum Gasteiger partial charge on any atom is 0.0177 e. The van der Waals surface area contributed by atoms with Gasteiger partial charge >= 0.3 is 0 Å². The summed E-state index contributed by atoms with van der Waals surface area (Å²) in [7, 11) is 0. The molecule has 0 radical (unpaired) electrons. The molecule has 1 saturated heterocycles. The van der Waals surface area contributed by atoms with Crippen LogP contribution in [0.5, 0.6) is 0 Å². The highest BCUT2D eigenvalue weighted by atomic mass is 15.1.